The van der Waals surface area contributed by atoms with Gasteiger partial charge in [-0.1, -0.05) is 0 Å². The fourth-order valence-corrected chi connectivity index (χ4v) is 2.48. The highest BCUT2D eigenvalue weighted by Gasteiger charge is 2.13. The zero-order chi connectivity index (χ0) is 11.1. The Hall–Kier alpha value is -1.95. The predicted octanol–water partition coefficient (Wildman–Crippen LogP) is 1.74. The summed E-state index contributed by atoms with van der Waals surface area (Å²) in [5.74, 6) is 0.749. The van der Waals surface area contributed by atoms with Crippen molar-refractivity contribution in [1.82, 2.24) is 19.6 Å². The second-order valence-electron chi connectivity index (χ2n) is 3.49. The number of nitrogen functional groups attached to an aromatic ring is 1. The highest BCUT2D eigenvalue weighted by molar-refractivity contribution is 7.14. The Morgan fingerprint density at radius 3 is 3.00 bits per heavy atom. The highest BCUT2D eigenvalue weighted by atomic mass is 32.1. The molecule has 3 aromatic heterocycles. The minimum atomic E-state index is 0.749. The van der Waals surface area contributed by atoms with Crippen molar-refractivity contribution in [3.8, 4) is 10.7 Å². The average Bonchev–Trinajstić information content (AvgIpc) is 2.85. The molecule has 3 heterocycles. The molecule has 0 saturated carbocycles. The zero-order valence-electron chi connectivity index (χ0n) is 8.58. The van der Waals surface area contributed by atoms with E-state index >= 15 is 0 Å². The number of hydrogen-bond acceptors (Lipinski definition) is 5. The molecular weight excluding hydrogens is 222 g/mol. The van der Waals surface area contributed by atoms with E-state index in [1.165, 1.54) is 0 Å². The normalized spacial score (nSPS) is 11.1. The summed E-state index contributed by atoms with van der Waals surface area (Å²) in [5, 5.41) is 10.2. The van der Waals surface area contributed by atoms with Crippen molar-refractivity contribution in [1.29, 1.82) is 0 Å². The number of rotatable bonds is 1. The molecule has 80 valence electrons. The average molecular weight is 231 g/mol. The largest absolute Gasteiger partial charge is 0.397 e. The van der Waals surface area contributed by atoms with Crippen LogP contribution in [0, 0.1) is 6.92 Å². The molecule has 3 rings (SSSR count). The van der Waals surface area contributed by atoms with Crippen LogP contribution >= 0.6 is 11.3 Å². The molecule has 0 fully saturated rings. The Kier molecular flexibility index (Phi) is 1.90. The zero-order valence-corrected chi connectivity index (χ0v) is 9.40. The first-order chi connectivity index (χ1) is 7.77. The van der Waals surface area contributed by atoms with Crippen LogP contribution in [0.4, 0.5) is 5.69 Å². The van der Waals surface area contributed by atoms with Gasteiger partial charge in [0.05, 0.1) is 10.6 Å². The maximum absolute atomic E-state index is 5.99. The first kappa shape index (κ1) is 9.29. The van der Waals surface area contributed by atoms with Gasteiger partial charge < -0.3 is 5.73 Å². The van der Waals surface area contributed by atoms with E-state index in [0.29, 0.717) is 0 Å². The Bertz CT molecular complexity index is 654. The molecule has 0 atom stereocenters. The maximum Gasteiger partial charge on any atom is 0.181 e. The van der Waals surface area contributed by atoms with Gasteiger partial charge in [-0.05, 0) is 17.9 Å². The number of fused-ring (bicyclic) bond motifs is 1. The number of nitrogens with zero attached hydrogens (tertiary/aromatic N) is 4. The maximum atomic E-state index is 5.99. The van der Waals surface area contributed by atoms with Crippen LogP contribution in [-0.4, -0.2) is 19.6 Å². The molecule has 0 aliphatic heterocycles. The fraction of sp³-hybridized carbons (Fsp3) is 0.100. The van der Waals surface area contributed by atoms with E-state index in [4.69, 9.17) is 5.73 Å². The smallest absolute Gasteiger partial charge is 0.181 e. The summed E-state index contributed by atoms with van der Waals surface area (Å²) in [4.78, 5) is 5.00. The first-order valence-electron chi connectivity index (χ1n) is 4.76. The van der Waals surface area contributed by atoms with Crippen LogP contribution in [0.5, 0.6) is 0 Å². The van der Waals surface area contributed by atoms with E-state index < -0.39 is 0 Å². The quantitative estimate of drug-likeness (QED) is 0.692. The van der Waals surface area contributed by atoms with Crippen LogP contribution in [0.2, 0.25) is 0 Å². The Morgan fingerprint density at radius 2 is 2.25 bits per heavy atom. The van der Waals surface area contributed by atoms with E-state index in [1.807, 2.05) is 22.8 Å². The number of anilines is 1. The molecule has 0 spiro atoms. The first-order valence-corrected chi connectivity index (χ1v) is 5.64. The van der Waals surface area contributed by atoms with Crippen LogP contribution in [0.15, 0.2) is 24.0 Å². The third-order valence-electron chi connectivity index (χ3n) is 2.44. The lowest BCUT2D eigenvalue weighted by Gasteiger charge is -1.97. The van der Waals surface area contributed by atoms with E-state index in [2.05, 4.69) is 15.2 Å². The topological polar surface area (TPSA) is 69.1 Å². The molecule has 0 amide bonds. The molecule has 0 aliphatic carbocycles. The van der Waals surface area contributed by atoms with Crippen LogP contribution in [0.25, 0.3) is 16.3 Å². The molecule has 3 aromatic rings. The molecule has 0 radical (unpaired) electrons. The molecule has 16 heavy (non-hydrogen) atoms. The van der Waals surface area contributed by atoms with Gasteiger partial charge in [-0.3, -0.25) is 4.40 Å². The summed E-state index contributed by atoms with van der Waals surface area (Å²) in [7, 11) is 0. The van der Waals surface area contributed by atoms with Crippen molar-refractivity contribution in [2.75, 3.05) is 5.73 Å². The second-order valence-corrected chi connectivity index (χ2v) is 4.37. The van der Waals surface area contributed by atoms with E-state index in [9.17, 15) is 0 Å². The minimum Gasteiger partial charge on any atom is -0.397 e. The Morgan fingerprint density at radius 1 is 1.38 bits per heavy atom. The van der Waals surface area contributed by atoms with Crippen molar-refractivity contribution >= 4 is 22.7 Å². The lowest BCUT2D eigenvalue weighted by atomic mass is 10.3. The standard InChI is InChI=1S/C10H9N5S/c1-6-4-16-9(8(6)11)10-14-13-7-2-3-12-5-15(7)10/h2-5H,11H2,1H3. The summed E-state index contributed by atoms with van der Waals surface area (Å²) in [6, 6.07) is 1.81. The molecule has 0 aliphatic rings. The Balaban J connectivity index is 2.30. The summed E-state index contributed by atoms with van der Waals surface area (Å²) < 4.78 is 1.83. The van der Waals surface area contributed by atoms with Crippen molar-refractivity contribution in [2.45, 2.75) is 6.92 Å². The summed E-state index contributed by atoms with van der Waals surface area (Å²) in [6.07, 6.45) is 3.38. The summed E-state index contributed by atoms with van der Waals surface area (Å²) >= 11 is 1.57. The van der Waals surface area contributed by atoms with Crippen molar-refractivity contribution in [2.24, 2.45) is 0 Å². The molecular formula is C10H9N5S. The Labute approximate surface area is 95.6 Å². The van der Waals surface area contributed by atoms with E-state index in [1.54, 1.807) is 23.9 Å². The van der Waals surface area contributed by atoms with Gasteiger partial charge in [0.1, 0.15) is 6.33 Å². The number of nitrogens with two attached hydrogens (primary N) is 1. The van der Waals surface area contributed by atoms with Gasteiger partial charge in [-0.2, -0.15) is 0 Å². The van der Waals surface area contributed by atoms with Crippen LogP contribution in [-0.2, 0) is 0 Å². The van der Waals surface area contributed by atoms with Gasteiger partial charge in [0.15, 0.2) is 11.5 Å². The lowest BCUT2D eigenvalue weighted by molar-refractivity contribution is 1.08. The molecule has 0 aromatic carbocycles. The van der Waals surface area contributed by atoms with Gasteiger partial charge in [-0.25, -0.2) is 4.98 Å². The van der Waals surface area contributed by atoms with Gasteiger partial charge in [0, 0.05) is 12.3 Å². The number of hydrogen-bond donors (Lipinski definition) is 1. The van der Waals surface area contributed by atoms with Crippen LogP contribution in [0.3, 0.4) is 0 Å². The molecule has 0 unspecified atom stereocenters. The van der Waals surface area contributed by atoms with Crippen molar-refractivity contribution in [3.63, 3.8) is 0 Å². The van der Waals surface area contributed by atoms with Crippen molar-refractivity contribution < 1.29 is 0 Å². The highest BCUT2D eigenvalue weighted by Crippen LogP contribution is 2.33. The SMILES string of the molecule is Cc1csc(-c2nnc3ccncn23)c1N. The molecule has 5 nitrogen and oxygen atoms in total. The van der Waals surface area contributed by atoms with Gasteiger partial charge in [0.2, 0.25) is 0 Å². The molecule has 2 N–H and O–H groups in total. The van der Waals surface area contributed by atoms with Gasteiger partial charge in [0.25, 0.3) is 0 Å². The van der Waals surface area contributed by atoms with Gasteiger partial charge >= 0.3 is 0 Å². The van der Waals surface area contributed by atoms with E-state index in [-0.39, 0.29) is 0 Å². The van der Waals surface area contributed by atoms with Crippen LogP contribution in [0.1, 0.15) is 5.56 Å². The minimum absolute atomic E-state index is 0.749. The number of thiophene rings is 1. The second kappa shape index (κ2) is 3.28. The monoisotopic (exact) mass is 231 g/mol. The van der Waals surface area contributed by atoms with E-state index in [0.717, 1.165) is 27.6 Å². The van der Waals surface area contributed by atoms with Crippen LogP contribution < -0.4 is 5.73 Å². The van der Waals surface area contributed by atoms with Crippen molar-refractivity contribution in [3.05, 3.63) is 29.5 Å². The molecule has 0 bridgehead atoms. The third kappa shape index (κ3) is 1.20. The number of aromatic nitrogens is 4. The molecule has 0 saturated heterocycles. The number of aryl methyl sites for hydroxylation is 1. The fourth-order valence-electron chi connectivity index (χ4n) is 1.53. The molecule has 6 heteroatoms. The lowest BCUT2D eigenvalue weighted by Crippen LogP contribution is -1.92. The third-order valence-corrected chi connectivity index (χ3v) is 3.55. The van der Waals surface area contributed by atoms with Gasteiger partial charge in [-0.15, -0.1) is 21.5 Å². The summed E-state index contributed by atoms with van der Waals surface area (Å²) in [6.45, 7) is 1.98. The summed E-state index contributed by atoms with van der Waals surface area (Å²) in [5.41, 5.74) is 8.60. The predicted molar refractivity (Wildman–Crippen MR) is 63.2 cm³/mol.